The lowest BCUT2D eigenvalue weighted by molar-refractivity contribution is 0.527. The highest BCUT2D eigenvalue weighted by atomic mass is 19.1. The first kappa shape index (κ1) is 12.7. The highest BCUT2D eigenvalue weighted by Crippen LogP contribution is 2.30. The molecule has 0 spiro atoms. The Hall–Kier alpha value is -1.74. The second-order valence-electron chi connectivity index (χ2n) is 4.64. The van der Waals surface area contributed by atoms with Crippen LogP contribution in [0.5, 0.6) is 0 Å². The average molecular weight is 247 g/mol. The molecule has 0 fully saturated rings. The molecule has 1 atom stereocenters. The third-order valence-corrected chi connectivity index (χ3v) is 3.18. The molecule has 0 bridgehead atoms. The van der Waals surface area contributed by atoms with Crippen LogP contribution >= 0.6 is 0 Å². The third-order valence-electron chi connectivity index (χ3n) is 3.18. The van der Waals surface area contributed by atoms with Gasteiger partial charge in [0.15, 0.2) is 0 Å². The van der Waals surface area contributed by atoms with Crippen LogP contribution in [-0.4, -0.2) is 0 Å². The zero-order valence-corrected chi connectivity index (χ0v) is 10.4. The van der Waals surface area contributed by atoms with Crippen molar-refractivity contribution in [3.05, 3.63) is 70.8 Å². The first-order valence-electron chi connectivity index (χ1n) is 5.73. The summed E-state index contributed by atoms with van der Waals surface area (Å²) in [5.74, 6) is -0.674. The van der Waals surface area contributed by atoms with E-state index in [0.29, 0.717) is 16.7 Å². The van der Waals surface area contributed by atoms with Crippen molar-refractivity contribution in [2.45, 2.75) is 19.4 Å². The number of nitrogens with two attached hydrogens (primary N) is 1. The average Bonchev–Trinajstić information content (AvgIpc) is 2.28. The van der Waals surface area contributed by atoms with Gasteiger partial charge in [0.25, 0.3) is 0 Å². The number of rotatable bonds is 2. The molecule has 0 aliphatic carbocycles. The van der Waals surface area contributed by atoms with E-state index in [-0.39, 0.29) is 11.6 Å². The van der Waals surface area contributed by atoms with Crippen LogP contribution in [0.2, 0.25) is 0 Å². The lowest BCUT2D eigenvalue weighted by Gasteiger charge is -2.28. The van der Waals surface area contributed by atoms with Gasteiger partial charge in [0, 0.05) is 5.56 Å². The first-order chi connectivity index (χ1) is 8.43. The van der Waals surface area contributed by atoms with Crippen LogP contribution in [0.25, 0.3) is 0 Å². The quantitative estimate of drug-likeness (QED) is 0.863. The summed E-state index contributed by atoms with van der Waals surface area (Å²) in [6, 6.07) is 10.7. The Bertz CT molecular complexity index is 576. The zero-order valence-electron chi connectivity index (χ0n) is 10.4. The maximum atomic E-state index is 13.8. The van der Waals surface area contributed by atoms with Gasteiger partial charge in [0.05, 0.1) is 5.54 Å². The number of benzene rings is 2. The number of aryl methyl sites for hydroxylation is 1. The Kier molecular flexibility index (Phi) is 3.18. The Morgan fingerprint density at radius 2 is 1.67 bits per heavy atom. The normalized spacial score (nSPS) is 14.3. The van der Waals surface area contributed by atoms with E-state index in [4.69, 9.17) is 5.73 Å². The first-order valence-corrected chi connectivity index (χ1v) is 5.73. The van der Waals surface area contributed by atoms with E-state index >= 15 is 0 Å². The molecular weight excluding hydrogens is 232 g/mol. The van der Waals surface area contributed by atoms with Gasteiger partial charge in [-0.3, -0.25) is 0 Å². The minimum absolute atomic E-state index is 0.319. The highest BCUT2D eigenvalue weighted by Gasteiger charge is 2.28. The Morgan fingerprint density at radius 1 is 1.00 bits per heavy atom. The second-order valence-corrected chi connectivity index (χ2v) is 4.64. The van der Waals surface area contributed by atoms with E-state index in [0.717, 1.165) is 0 Å². The summed E-state index contributed by atoms with van der Waals surface area (Å²) in [6.45, 7) is 3.50. The van der Waals surface area contributed by atoms with Crippen LogP contribution in [-0.2, 0) is 5.54 Å². The molecule has 18 heavy (non-hydrogen) atoms. The molecule has 0 heterocycles. The summed E-state index contributed by atoms with van der Waals surface area (Å²) in [6.07, 6.45) is 0. The molecule has 3 heteroatoms. The summed E-state index contributed by atoms with van der Waals surface area (Å²) < 4.78 is 26.9. The van der Waals surface area contributed by atoms with Gasteiger partial charge in [-0.15, -0.1) is 0 Å². The molecule has 2 aromatic rings. The zero-order chi connectivity index (χ0) is 13.3. The van der Waals surface area contributed by atoms with Gasteiger partial charge in [-0.25, -0.2) is 8.78 Å². The molecule has 0 aliphatic heterocycles. The minimum atomic E-state index is -0.983. The van der Waals surface area contributed by atoms with Crippen molar-refractivity contribution in [2.75, 3.05) is 0 Å². The monoisotopic (exact) mass is 247 g/mol. The van der Waals surface area contributed by atoms with Gasteiger partial charge < -0.3 is 5.73 Å². The predicted octanol–water partition coefficient (Wildman–Crippen LogP) is 3.50. The number of hydrogen-bond donors (Lipinski definition) is 1. The molecular formula is C15H15F2N. The van der Waals surface area contributed by atoms with Gasteiger partial charge in [0.1, 0.15) is 11.6 Å². The summed E-state index contributed by atoms with van der Waals surface area (Å²) in [5.41, 5.74) is 7.10. The largest absolute Gasteiger partial charge is 0.318 e. The van der Waals surface area contributed by atoms with Gasteiger partial charge in [-0.2, -0.15) is 0 Å². The van der Waals surface area contributed by atoms with Crippen LogP contribution in [0.15, 0.2) is 42.5 Å². The van der Waals surface area contributed by atoms with Crippen molar-refractivity contribution in [1.29, 1.82) is 0 Å². The van der Waals surface area contributed by atoms with Crippen molar-refractivity contribution >= 4 is 0 Å². The van der Waals surface area contributed by atoms with Crippen LogP contribution < -0.4 is 5.73 Å². The minimum Gasteiger partial charge on any atom is -0.318 e. The van der Waals surface area contributed by atoms with E-state index in [1.165, 1.54) is 18.2 Å². The fourth-order valence-electron chi connectivity index (χ4n) is 2.24. The molecule has 0 aliphatic rings. The molecule has 0 saturated carbocycles. The lowest BCUT2D eigenvalue weighted by Crippen LogP contribution is -2.36. The van der Waals surface area contributed by atoms with Gasteiger partial charge in [-0.1, -0.05) is 24.3 Å². The summed E-state index contributed by atoms with van der Waals surface area (Å²) in [7, 11) is 0. The van der Waals surface area contributed by atoms with E-state index in [1.54, 1.807) is 38.1 Å². The summed E-state index contributed by atoms with van der Waals surface area (Å²) in [4.78, 5) is 0. The predicted molar refractivity (Wildman–Crippen MR) is 68.2 cm³/mol. The number of hydrogen-bond acceptors (Lipinski definition) is 1. The Labute approximate surface area is 105 Å². The maximum Gasteiger partial charge on any atom is 0.128 e. The second kappa shape index (κ2) is 4.50. The van der Waals surface area contributed by atoms with Gasteiger partial charge in [-0.05, 0) is 43.2 Å². The fourth-order valence-corrected chi connectivity index (χ4v) is 2.24. The smallest absolute Gasteiger partial charge is 0.128 e. The summed E-state index contributed by atoms with van der Waals surface area (Å²) in [5, 5.41) is 0. The van der Waals surface area contributed by atoms with Crippen LogP contribution in [0.3, 0.4) is 0 Å². The summed E-state index contributed by atoms with van der Waals surface area (Å²) >= 11 is 0. The lowest BCUT2D eigenvalue weighted by atomic mass is 9.83. The van der Waals surface area contributed by atoms with E-state index in [9.17, 15) is 8.78 Å². The molecule has 0 aromatic heterocycles. The molecule has 1 nitrogen and oxygen atoms in total. The molecule has 2 rings (SSSR count). The van der Waals surface area contributed by atoms with Crippen molar-refractivity contribution in [3.63, 3.8) is 0 Å². The van der Waals surface area contributed by atoms with Crippen molar-refractivity contribution < 1.29 is 8.78 Å². The van der Waals surface area contributed by atoms with Gasteiger partial charge >= 0.3 is 0 Å². The van der Waals surface area contributed by atoms with E-state index < -0.39 is 5.54 Å². The SMILES string of the molecule is Cc1cc(F)ccc1C(C)(N)c1ccccc1F. The molecule has 2 aromatic carbocycles. The van der Waals surface area contributed by atoms with Crippen molar-refractivity contribution in [1.82, 2.24) is 0 Å². The molecule has 2 N–H and O–H groups in total. The topological polar surface area (TPSA) is 26.0 Å². The number of halogens is 2. The van der Waals surface area contributed by atoms with Crippen molar-refractivity contribution in [3.8, 4) is 0 Å². The molecule has 94 valence electrons. The molecule has 1 unspecified atom stereocenters. The Balaban J connectivity index is 2.58. The molecule has 0 amide bonds. The van der Waals surface area contributed by atoms with E-state index in [1.807, 2.05) is 0 Å². The maximum absolute atomic E-state index is 13.8. The van der Waals surface area contributed by atoms with Crippen molar-refractivity contribution in [2.24, 2.45) is 5.73 Å². The fraction of sp³-hybridized carbons (Fsp3) is 0.200. The Morgan fingerprint density at radius 3 is 2.28 bits per heavy atom. The standard InChI is InChI=1S/C15H15F2N/c1-10-9-11(16)7-8-12(10)15(2,18)13-5-3-4-6-14(13)17/h3-9H,18H2,1-2H3. The third kappa shape index (κ3) is 2.14. The van der Waals surface area contributed by atoms with Crippen LogP contribution in [0.4, 0.5) is 8.78 Å². The molecule has 0 saturated heterocycles. The highest BCUT2D eigenvalue weighted by molar-refractivity contribution is 5.41. The molecule has 0 radical (unpaired) electrons. The van der Waals surface area contributed by atoms with Gasteiger partial charge in [0.2, 0.25) is 0 Å². The van der Waals surface area contributed by atoms with E-state index in [2.05, 4.69) is 0 Å². The van der Waals surface area contributed by atoms with Crippen LogP contribution in [0.1, 0.15) is 23.6 Å². The van der Waals surface area contributed by atoms with Crippen LogP contribution in [0, 0.1) is 18.6 Å².